The molecule has 0 aliphatic rings. The number of phosphoric acid groups is 2. The number of carbonyl (C=O) groups is 4. The van der Waals surface area contributed by atoms with E-state index in [2.05, 4.69) is 55.4 Å². The molecule has 0 spiro atoms. The van der Waals surface area contributed by atoms with Crippen molar-refractivity contribution in [2.24, 2.45) is 23.7 Å². The molecule has 0 saturated carbocycles. The molecule has 0 fully saturated rings. The van der Waals surface area contributed by atoms with E-state index in [9.17, 15) is 43.2 Å². The van der Waals surface area contributed by atoms with Crippen LogP contribution in [0.25, 0.3) is 0 Å². The lowest BCUT2D eigenvalue weighted by molar-refractivity contribution is -0.161. The van der Waals surface area contributed by atoms with Gasteiger partial charge in [-0.3, -0.25) is 37.3 Å². The fourth-order valence-corrected chi connectivity index (χ4v) is 14.3. The number of phosphoric ester groups is 2. The fourth-order valence-electron chi connectivity index (χ4n) is 12.8. The van der Waals surface area contributed by atoms with E-state index < -0.39 is 97.5 Å². The standard InChI is InChI=1S/C83H162O17P2/c1-9-76(8)62-54-46-38-30-22-18-14-12-10-11-13-15-19-24-32-41-49-57-65-82(87)99-78(69-93-80(85)63-55-47-39-31-23-20-16-17-21-27-35-43-51-59-73(2)3)71-97-101(89,90)95-67-77(84)68-96-102(91,92)98-72-79(100-83(88)66-58-50-42-34-26-29-37-45-53-61-75(6)7)70-94-81(86)64-56-48-40-33-25-28-36-44-52-60-74(4)5/h73-79,84H,9-72H2,1-8H3,(H,89,90)(H,91,92)/t76?,77-,78-,79-/m1/s1. The molecule has 0 heterocycles. The van der Waals surface area contributed by atoms with Gasteiger partial charge in [0.2, 0.25) is 0 Å². The number of aliphatic hydroxyl groups excluding tert-OH is 1. The topological polar surface area (TPSA) is 237 Å². The van der Waals surface area contributed by atoms with Crippen molar-refractivity contribution in [1.29, 1.82) is 0 Å². The van der Waals surface area contributed by atoms with Crippen LogP contribution in [0.15, 0.2) is 0 Å². The Hall–Kier alpha value is -1.94. The summed E-state index contributed by atoms with van der Waals surface area (Å²) in [5.41, 5.74) is 0. The Kier molecular flexibility index (Phi) is 70.6. The first kappa shape index (κ1) is 100. The number of aliphatic hydroxyl groups is 1. The summed E-state index contributed by atoms with van der Waals surface area (Å²) in [4.78, 5) is 73.1. The summed E-state index contributed by atoms with van der Waals surface area (Å²) in [7, 11) is -9.92. The minimum Gasteiger partial charge on any atom is -0.462 e. The van der Waals surface area contributed by atoms with E-state index in [0.29, 0.717) is 25.7 Å². The molecule has 17 nitrogen and oxygen atoms in total. The zero-order chi connectivity index (χ0) is 75.3. The molecule has 3 unspecified atom stereocenters. The molecular weight excluding hydrogens is 1330 g/mol. The minimum atomic E-state index is -4.96. The predicted molar refractivity (Wildman–Crippen MR) is 418 cm³/mol. The van der Waals surface area contributed by atoms with Crippen LogP contribution in [0, 0.1) is 23.7 Å². The van der Waals surface area contributed by atoms with Gasteiger partial charge < -0.3 is 33.8 Å². The van der Waals surface area contributed by atoms with Crippen LogP contribution in [-0.4, -0.2) is 96.7 Å². The third-order valence-corrected chi connectivity index (χ3v) is 21.6. The molecular formula is C83H162O17P2. The summed E-state index contributed by atoms with van der Waals surface area (Å²) < 4.78 is 68.8. The van der Waals surface area contributed by atoms with E-state index in [1.807, 2.05) is 0 Å². The first-order chi connectivity index (χ1) is 49.1. The molecule has 0 radical (unpaired) electrons. The van der Waals surface area contributed by atoms with E-state index in [1.165, 1.54) is 231 Å². The molecule has 6 atom stereocenters. The molecule has 0 bridgehead atoms. The van der Waals surface area contributed by atoms with Gasteiger partial charge in [-0.15, -0.1) is 0 Å². The molecule has 102 heavy (non-hydrogen) atoms. The Morgan fingerprint density at radius 1 is 0.275 bits per heavy atom. The summed E-state index contributed by atoms with van der Waals surface area (Å²) in [6.07, 6.45) is 59.7. The first-order valence-corrected chi connectivity index (χ1v) is 45.7. The smallest absolute Gasteiger partial charge is 0.462 e. The number of hydrogen-bond acceptors (Lipinski definition) is 15. The Morgan fingerprint density at radius 2 is 0.471 bits per heavy atom. The van der Waals surface area contributed by atoms with Crippen molar-refractivity contribution in [3.8, 4) is 0 Å². The number of carbonyl (C=O) groups excluding carboxylic acids is 4. The number of esters is 4. The summed E-state index contributed by atoms with van der Waals surface area (Å²) >= 11 is 0. The second kappa shape index (κ2) is 72.0. The second-order valence-electron chi connectivity index (χ2n) is 31.5. The van der Waals surface area contributed by atoms with Crippen LogP contribution in [-0.2, 0) is 65.4 Å². The summed E-state index contributed by atoms with van der Waals surface area (Å²) in [5.74, 6) is 1.03. The van der Waals surface area contributed by atoms with Crippen LogP contribution < -0.4 is 0 Å². The van der Waals surface area contributed by atoms with E-state index in [-0.39, 0.29) is 25.7 Å². The molecule has 0 saturated heterocycles. The van der Waals surface area contributed by atoms with Crippen molar-refractivity contribution in [3.63, 3.8) is 0 Å². The van der Waals surface area contributed by atoms with E-state index >= 15 is 0 Å². The molecule has 0 rings (SSSR count). The van der Waals surface area contributed by atoms with Crippen molar-refractivity contribution >= 4 is 39.5 Å². The zero-order valence-electron chi connectivity index (χ0n) is 67.2. The lowest BCUT2D eigenvalue weighted by Crippen LogP contribution is -2.30. The zero-order valence-corrected chi connectivity index (χ0v) is 69.0. The van der Waals surface area contributed by atoms with Gasteiger partial charge in [0.05, 0.1) is 26.4 Å². The molecule has 0 aromatic heterocycles. The highest BCUT2D eigenvalue weighted by Crippen LogP contribution is 2.45. The Balaban J connectivity index is 5.23. The lowest BCUT2D eigenvalue weighted by Gasteiger charge is -2.21. The van der Waals surface area contributed by atoms with Crippen molar-refractivity contribution in [3.05, 3.63) is 0 Å². The highest BCUT2D eigenvalue weighted by Gasteiger charge is 2.30. The molecule has 0 amide bonds. The largest absolute Gasteiger partial charge is 0.472 e. The Labute approximate surface area is 626 Å². The van der Waals surface area contributed by atoms with Crippen LogP contribution in [0.3, 0.4) is 0 Å². The number of unbranched alkanes of at least 4 members (excludes halogenated alkanes) is 45. The van der Waals surface area contributed by atoms with Crippen molar-refractivity contribution in [1.82, 2.24) is 0 Å². The molecule has 606 valence electrons. The molecule has 0 aromatic carbocycles. The van der Waals surface area contributed by atoms with Crippen molar-refractivity contribution in [2.45, 2.75) is 446 Å². The Morgan fingerprint density at radius 3 is 0.696 bits per heavy atom. The van der Waals surface area contributed by atoms with Crippen LogP contribution in [0.2, 0.25) is 0 Å². The van der Waals surface area contributed by atoms with Gasteiger partial charge in [-0.1, -0.05) is 376 Å². The fraction of sp³-hybridized carbons (Fsp3) is 0.952. The monoisotopic (exact) mass is 1490 g/mol. The third-order valence-electron chi connectivity index (χ3n) is 19.7. The number of hydrogen-bond donors (Lipinski definition) is 3. The average Bonchev–Trinajstić information content (AvgIpc) is 0.925. The normalized spacial score (nSPS) is 14.3. The highest BCUT2D eigenvalue weighted by molar-refractivity contribution is 7.47. The maximum absolute atomic E-state index is 13.1. The molecule has 0 aliphatic carbocycles. The molecule has 3 N–H and O–H groups in total. The van der Waals surface area contributed by atoms with E-state index in [4.69, 9.17) is 37.0 Å². The third kappa shape index (κ3) is 74.9. The Bertz CT molecular complexity index is 1990. The maximum Gasteiger partial charge on any atom is 0.472 e. The van der Waals surface area contributed by atoms with Gasteiger partial charge in [-0.05, 0) is 49.4 Å². The minimum absolute atomic E-state index is 0.105. The van der Waals surface area contributed by atoms with Gasteiger partial charge in [-0.2, -0.15) is 0 Å². The average molecular weight is 1490 g/mol. The molecule has 0 aliphatic heterocycles. The SMILES string of the molecule is CCC(C)CCCCCCCCCCCCCCCCCCCCC(=O)O[C@H](COC(=O)CCCCCCCCCCCCCCCC(C)C)COP(=O)(O)OC[C@@H](O)COP(=O)(O)OC[C@@H](COC(=O)CCCCCCCCCCCC(C)C)OC(=O)CCCCCCCCCCCC(C)C. The summed E-state index contributed by atoms with van der Waals surface area (Å²) in [6, 6.07) is 0. The number of rotatable bonds is 80. The van der Waals surface area contributed by atoms with Crippen LogP contribution in [0.5, 0.6) is 0 Å². The van der Waals surface area contributed by atoms with Gasteiger partial charge in [0, 0.05) is 25.7 Å². The van der Waals surface area contributed by atoms with Gasteiger partial charge in [0.15, 0.2) is 12.2 Å². The van der Waals surface area contributed by atoms with Crippen molar-refractivity contribution < 1.29 is 80.2 Å². The van der Waals surface area contributed by atoms with E-state index in [0.717, 1.165) is 114 Å². The highest BCUT2D eigenvalue weighted by atomic mass is 31.2. The number of ether oxygens (including phenoxy) is 4. The molecule has 0 aromatic rings. The van der Waals surface area contributed by atoms with Gasteiger partial charge in [0.1, 0.15) is 19.3 Å². The first-order valence-electron chi connectivity index (χ1n) is 42.7. The van der Waals surface area contributed by atoms with Gasteiger partial charge in [-0.25, -0.2) is 9.13 Å². The van der Waals surface area contributed by atoms with Crippen molar-refractivity contribution in [2.75, 3.05) is 39.6 Å². The lowest BCUT2D eigenvalue weighted by atomic mass is 9.99. The van der Waals surface area contributed by atoms with E-state index in [1.54, 1.807) is 0 Å². The van der Waals surface area contributed by atoms with Crippen LogP contribution in [0.4, 0.5) is 0 Å². The second-order valence-corrected chi connectivity index (χ2v) is 34.4. The maximum atomic E-state index is 13.1. The summed E-state index contributed by atoms with van der Waals surface area (Å²) in [5, 5.41) is 10.7. The summed E-state index contributed by atoms with van der Waals surface area (Å²) in [6.45, 7) is 14.3. The predicted octanol–water partition coefficient (Wildman–Crippen LogP) is 24.8. The van der Waals surface area contributed by atoms with Crippen LogP contribution >= 0.6 is 15.6 Å². The van der Waals surface area contributed by atoms with Crippen LogP contribution in [0.1, 0.15) is 428 Å². The van der Waals surface area contributed by atoms with Gasteiger partial charge in [0.25, 0.3) is 0 Å². The quantitative estimate of drug-likeness (QED) is 0.0222. The van der Waals surface area contributed by atoms with Gasteiger partial charge >= 0.3 is 39.5 Å². The molecule has 19 heteroatoms.